The maximum Gasteiger partial charge on any atom is 0.341 e. The topological polar surface area (TPSA) is 76.2 Å². The second-order valence-electron chi connectivity index (χ2n) is 4.68. The van der Waals surface area contributed by atoms with Gasteiger partial charge in [0.1, 0.15) is 11.3 Å². The second kappa shape index (κ2) is 5.07. The van der Waals surface area contributed by atoms with Crippen LogP contribution >= 0.6 is 23.2 Å². The summed E-state index contributed by atoms with van der Waals surface area (Å²) in [6, 6.07) is 0. The van der Waals surface area contributed by atoms with E-state index in [0.717, 1.165) is 19.3 Å². The van der Waals surface area contributed by atoms with Crippen molar-refractivity contribution in [1.29, 1.82) is 0 Å². The summed E-state index contributed by atoms with van der Waals surface area (Å²) in [5.41, 5.74) is 0.552. The first kappa shape index (κ1) is 13.4. The average molecular weight is 313 g/mol. The maximum absolute atomic E-state index is 11.5. The van der Waals surface area contributed by atoms with Crippen LogP contribution in [-0.4, -0.2) is 21.2 Å². The summed E-state index contributed by atoms with van der Waals surface area (Å²) in [6.07, 6.45) is 5.67. The normalized spacial score (nSPS) is 15.1. The molecule has 0 saturated heterocycles. The number of aromatic carboxylic acids is 1. The highest BCUT2D eigenvalue weighted by Crippen LogP contribution is 2.43. The van der Waals surface area contributed by atoms with E-state index in [9.17, 15) is 9.90 Å². The lowest BCUT2D eigenvalue weighted by molar-refractivity contribution is 0.0693. The van der Waals surface area contributed by atoms with Crippen LogP contribution in [0.2, 0.25) is 10.0 Å². The third-order valence-corrected chi connectivity index (χ3v) is 4.07. The Balaban J connectivity index is 2.19. The van der Waals surface area contributed by atoms with Crippen LogP contribution < -0.4 is 0 Å². The van der Waals surface area contributed by atoms with Gasteiger partial charge in [0.2, 0.25) is 0 Å². The third-order valence-electron chi connectivity index (χ3n) is 3.50. The molecule has 0 aromatic carbocycles. The summed E-state index contributed by atoms with van der Waals surface area (Å²) in [4.78, 5) is 15.4. The van der Waals surface area contributed by atoms with Crippen LogP contribution in [0.25, 0.3) is 11.3 Å². The Hall–Kier alpha value is -1.59. The molecule has 5 nitrogen and oxygen atoms in total. The van der Waals surface area contributed by atoms with Gasteiger partial charge in [-0.15, -0.1) is 0 Å². The lowest BCUT2D eigenvalue weighted by Crippen LogP contribution is -2.12. The van der Waals surface area contributed by atoms with Crippen molar-refractivity contribution in [2.45, 2.75) is 25.2 Å². The van der Waals surface area contributed by atoms with Gasteiger partial charge in [0.05, 0.1) is 10.0 Å². The van der Waals surface area contributed by atoms with E-state index in [1.54, 1.807) is 0 Å². The van der Waals surface area contributed by atoms with E-state index in [1.165, 1.54) is 12.4 Å². The number of carboxylic acids is 1. The first-order valence-corrected chi connectivity index (χ1v) is 6.87. The van der Waals surface area contributed by atoms with Gasteiger partial charge in [-0.25, -0.2) is 4.79 Å². The molecule has 7 heteroatoms. The molecule has 3 rings (SSSR count). The number of nitrogens with zero attached hydrogens (tertiary/aromatic N) is 2. The monoisotopic (exact) mass is 312 g/mol. The van der Waals surface area contributed by atoms with Crippen molar-refractivity contribution >= 4 is 29.2 Å². The molecule has 2 aromatic rings. The molecule has 0 aliphatic heterocycles. The average Bonchev–Trinajstić information content (AvgIpc) is 2.71. The number of hydrogen-bond donors (Lipinski definition) is 1. The van der Waals surface area contributed by atoms with Gasteiger partial charge >= 0.3 is 5.97 Å². The van der Waals surface area contributed by atoms with Crippen LogP contribution in [0.1, 0.15) is 41.3 Å². The summed E-state index contributed by atoms with van der Waals surface area (Å²) < 4.78 is 5.26. The summed E-state index contributed by atoms with van der Waals surface area (Å²) in [5, 5.41) is 13.8. The molecular formula is C13H10Cl2N2O3. The van der Waals surface area contributed by atoms with E-state index in [4.69, 9.17) is 27.7 Å². The van der Waals surface area contributed by atoms with E-state index in [-0.39, 0.29) is 27.2 Å². The molecule has 104 valence electrons. The SMILES string of the molecule is O=C(O)c1c(-c2c(Cl)cncc2Cl)noc1C1CCC1. The predicted molar refractivity (Wildman–Crippen MR) is 73.3 cm³/mol. The Labute approximate surface area is 124 Å². The van der Waals surface area contributed by atoms with Crippen molar-refractivity contribution in [3.8, 4) is 11.3 Å². The Morgan fingerprint density at radius 3 is 2.45 bits per heavy atom. The van der Waals surface area contributed by atoms with Gasteiger partial charge in [0.15, 0.2) is 5.76 Å². The van der Waals surface area contributed by atoms with Gasteiger partial charge in [0, 0.05) is 23.9 Å². The van der Waals surface area contributed by atoms with E-state index >= 15 is 0 Å². The first-order valence-electron chi connectivity index (χ1n) is 6.11. The van der Waals surface area contributed by atoms with Crippen LogP contribution in [0, 0.1) is 0 Å². The zero-order chi connectivity index (χ0) is 14.3. The molecule has 0 spiro atoms. The lowest BCUT2D eigenvalue weighted by atomic mass is 9.81. The van der Waals surface area contributed by atoms with Crippen LogP contribution in [0.15, 0.2) is 16.9 Å². The van der Waals surface area contributed by atoms with Gasteiger partial charge in [-0.1, -0.05) is 34.8 Å². The molecule has 20 heavy (non-hydrogen) atoms. The van der Waals surface area contributed by atoms with Gasteiger partial charge in [-0.05, 0) is 12.8 Å². The van der Waals surface area contributed by atoms with E-state index in [0.29, 0.717) is 11.3 Å². The van der Waals surface area contributed by atoms with Crippen molar-refractivity contribution in [2.75, 3.05) is 0 Å². The molecule has 2 aromatic heterocycles. The molecule has 1 N–H and O–H groups in total. The van der Waals surface area contributed by atoms with E-state index in [2.05, 4.69) is 10.1 Å². The molecule has 0 atom stereocenters. The van der Waals surface area contributed by atoms with Crippen LogP contribution in [0.5, 0.6) is 0 Å². The van der Waals surface area contributed by atoms with E-state index < -0.39 is 5.97 Å². The highest BCUT2D eigenvalue weighted by Gasteiger charge is 2.33. The van der Waals surface area contributed by atoms with Crippen LogP contribution in [-0.2, 0) is 0 Å². The Morgan fingerprint density at radius 1 is 1.30 bits per heavy atom. The van der Waals surface area contributed by atoms with Gasteiger partial charge in [-0.2, -0.15) is 0 Å². The summed E-state index contributed by atoms with van der Waals surface area (Å²) >= 11 is 12.1. The zero-order valence-electron chi connectivity index (χ0n) is 10.3. The van der Waals surface area contributed by atoms with Crippen molar-refractivity contribution in [2.24, 2.45) is 0 Å². The van der Waals surface area contributed by atoms with Gasteiger partial charge in [-0.3, -0.25) is 4.98 Å². The summed E-state index contributed by atoms with van der Waals surface area (Å²) in [6.45, 7) is 0. The molecule has 1 fully saturated rings. The molecule has 2 heterocycles. The lowest BCUT2D eigenvalue weighted by Gasteiger charge is -2.22. The fraction of sp³-hybridized carbons (Fsp3) is 0.308. The molecule has 1 saturated carbocycles. The molecule has 0 bridgehead atoms. The van der Waals surface area contributed by atoms with Crippen molar-refractivity contribution in [1.82, 2.24) is 10.1 Å². The van der Waals surface area contributed by atoms with Crippen molar-refractivity contribution < 1.29 is 14.4 Å². The number of carbonyl (C=O) groups is 1. The van der Waals surface area contributed by atoms with E-state index in [1.807, 2.05) is 0 Å². The smallest absolute Gasteiger partial charge is 0.341 e. The largest absolute Gasteiger partial charge is 0.477 e. The second-order valence-corrected chi connectivity index (χ2v) is 5.50. The molecule has 0 unspecified atom stereocenters. The minimum Gasteiger partial charge on any atom is -0.477 e. The summed E-state index contributed by atoms with van der Waals surface area (Å²) in [5.74, 6) is -0.573. The third kappa shape index (κ3) is 2.07. The Bertz CT molecular complexity index is 660. The molecule has 0 amide bonds. The number of pyridine rings is 1. The molecular weight excluding hydrogens is 303 g/mol. The standard InChI is InChI=1S/C13H10Cl2N2O3/c14-7-4-16-5-8(15)9(7)11-10(13(18)19)12(20-17-11)6-2-1-3-6/h4-6H,1-3H2,(H,18,19). The molecule has 1 aliphatic carbocycles. The quantitative estimate of drug-likeness (QED) is 0.926. The maximum atomic E-state index is 11.5. The predicted octanol–water partition coefficient (Wildman–Crippen LogP) is 4.01. The van der Waals surface area contributed by atoms with Crippen molar-refractivity contribution in [3.05, 3.63) is 33.8 Å². The minimum atomic E-state index is -1.09. The number of rotatable bonds is 3. The Morgan fingerprint density at radius 2 is 1.95 bits per heavy atom. The summed E-state index contributed by atoms with van der Waals surface area (Å²) in [7, 11) is 0. The fourth-order valence-corrected chi connectivity index (χ4v) is 2.81. The zero-order valence-corrected chi connectivity index (χ0v) is 11.8. The van der Waals surface area contributed by atoms with Crippen LogP contribution in [0.4, 0.5) is 0 Å². The number of hydrogen-bond acceptors (Lipinski definition) is 4. The molecule has 0 radical (unpaired) electrons. The fourth-order valence-electron chi connectivity index (χ4n) is 2.27. The number of carboxylic acid groups (broad SMARTS) is 1. The number of halogens is 2. The first-order chi connectivity index (χ1) is 9.59. The Kier molecular flexibility index (Phi) is 3.40. The number of aromatic nitrogens is 2. The van der Waals surface area contributed by atoms with Crippen LogP contribution in [0.3, 0.4) is 0 Å². The van der Waals surface area contributed by atoms with Crippen molar-refractivity contribution in [3.63, 3.8) is 0 Å². The highest BCUT2D eigenvalue weighted by atomic mass is 35.5. The minimum absolute atomic E-state index is 0.0460. The van der Waals surface area contributed by atoms with Gasteiger partial charge < -0.3 is 9.63 Å². The highest BCUT2D eigenvalue weighted by molar-refractivity contribution is 6.39. The van der Waals surface area contributed by atoms with Gasteiger partial charge in [0.25, 0.3) is 0 Å². The molecule has 1 aliphatic rings.